The van der Waals surface area contributed by atoms with Crippen LogP contribution < -0.4 is 9.47 Å². The third-order valence-electron chi connectivity index (χ3n) is 2.85. The maximum absolute atomic E-state index is 9.15. The van der Waals surface area contributed by atoms with Crippen LogP contribution in [0.5, 0.6) is 11.5 Å². The number of nitrogens with zero attached hydrogens (tertiary/aromatic N) is 2. The molecule has 0 aliphatic rings. The van der Waals surface area contributed by atoms with Gasteiger partial charge in [-0.15, -0.1) is 11.3 Å². The monoisotopic (exact) mass is 288 g/mol. The molecule has 0 bridgehead atoms. The Labute approximate surface area is 122 Å². The molecule has 0 saturated heterocycles. The van der Waals surface area contributed by atoms with Gasteiger partial charge in [0.05, 0.1) is 25.0 Å². The summed E-state index contributed by atoms with van der Waals surface area (Å²) in [5.74, 6) is 1.36. The Morgan fingerprint density at radius 3 is 2.70 bits per heavy atom. The zero-order chi connectivity index (χ0) is 14.5. The van der Waals surface area contributed by atoms with Gasteiger partial charge in [0.15, 0.2) is 11.5 Å². The van der Waals surface area contributed by atoms with Crippen molar-refractivity contribution < 1.29 is 9.47 Å². The number of hydrogen-bond acceptors (Lipinski definition) is 5. The van der Waals surface area contributed by atoms with Gasteiger partial charge < -0.3 is 9.47 Å². The van der Waals surface area contributed by atoms with E-state index in [0.29, 0.717) is 23.0 Å². The summed E-state index contributed by atoms with van der Waals surface area (Å²) in [5.41, 5.74) is 1.70. The van der Waals surface area contributed by atoms with E-state index in [4.69, 9.17) is 14.7 Å². The Morgan fingerprint density at radius 1 is 1.35 bits per heavy atom. The predicted octanol–water partition coefficient (Wildman–Crippen LogP) is 3.65. The molecule has 1 heterocycles. The number of ether oxygens (including phenoxy) is 2. The molecule has 1 aromatic heterocycles. The van der Waals surface area contributed by atoms with Crippen LogP contribution in [-0.2, 0) is 6.42 Å². The van der Waals surface area contributed by atoms with E-state index >= 15 is 0 Å². The number of rotatable bonds is 5. The fraction of sp³-hybridized carbons (Fsp3) is 0.333. The van der Waals surface area contributed by atoms with Crippen molar-refractivity contribution in [3.8, 4) is 28.1 Å². The van der Waals surface area contributed by atoms with Crippen molar-refractivity contribution in [2.75, 3.05) is 13.7 Å². The molecule has 1 aromatic carbocycles. The number of thiazole rings is 1. The minimum Gasteiger partial charge on any atom is -0.493 e. The highest BCUT2D eigenvalue weighted by Crippen LogP contribution is 2.40. The minimum absolute atomic E-state index is 0.546. The van der Waals surface area contributed by atoms with Gasteiger partial charge in [0.1, 0.15) is 16.0 Å². The molecule has 0 radical (unpaired) electrons. The number of para-hydroxylation sites is 1. The van der Waals surface area contributed by atoms with Crippen LogP contribution in [0.2, 0.25) is 0 Å². The van der Waals surface area contributed by atoms with E-state index in [9.17, 15) is 0 Å². The van der Waals surface area contributed by atoms with E-state index in [-0.39, 0.29) is 0 Å². The maximum Gasteiger partial charge on any atom is 0.171 e. The van der Waals surface area contributed by atoms with Gasteiger partial charge in [0.25, 0.3) is 0 Å². The first kappa shape index (κ1) is 14.4. The van der Waals surface area contributed by atoms with Crippen molar-refractivity contribution in [3.63, 3.8) is 0 Å². The lowest BCUT2D eigenvalue weighted by Gasteiger charge is -2.12. The van der Waals surface area contributed by atoms with E-state index in [1.807, 2.05) is 32.0 Å². The number of aromatic nitrogens is 1. The molecule has 0 amide bonds. The van der Waals surface area contributed by atoms with Gasteiger partial charge in [-0.1, -0.05) is 13.0 Å². The minimum atomic E-state index is 0.546. The molecule has 104 valence electrons. The lowest BCUT2D eigenvalue weighted by molar-refractivity contribution is 0.312. The molecule has 0 spiro atoms. The van der Waals surface area contributed by atoms with E-state index in [1.165, 1.54) is 11.3 Å². The lowest BCUT2D eigenvalue weighted by Crippen LogP contribution is -1.97. The van der Waals surface area contributed by atoms with E-state index in [1.54, 1.807) is 7.11 Å². The predicted molar refractivity (Wildman–Crippen MR) is 79.4 cm³/mol. The molecule has 0 unspecified atom stereocenters. The Hall–Kier alpha value is -2.06. The second kappa shape index (κ2) is 6.40. The van der Waals surface area contributed by atoms with Crippen LogP contribution in [0.15, 0.2) is 18.2 Å². The third-order valence-corrected chi connectivity index (χ3v) is 3.89. The van der Waals surface area contributed by atoms with Crippen LogP contribution in [0, 0.1) is 11.3 Å². The largest absolute Gasteiger partial charge is 0.493 e. The zero-order valence-electron chi connectivity index (χ0n) is 11.8. The molecule has 0 N–H and O–H groups in total. The van der Waals surface area contributed by atoms with Gasteiger partial charge >= 0.3 is 0 Å². The zero-order valence-corrected chi connectivity index (χ0v) is 12.6. The molecular formula is C15H16N2O2S. The molecule has 0 saturated carbocycles. The molecule has 0 aliphatic carbocycles. The summed E-state index contributed by atoms with van der Waals surface area (Å²) in [6.07, 6.45) is 0.743. The molecule has 0 atom stereocenters. The van der Waals surface area contributed by atoms with Crippen LogP contribution in [0.25, 0.3) is 10.6 Å². The highest BCUT2D eigenvalue weighted by atomic mass is 32.1. The topological polar surface area (TPSA) is 55.1 Å². The normalized spacial score (nSPS) is 10.1. The second-order valence-corrected chi connectivity index (χ2v) is 5.03. The van der Waals surface area contributed by atoms with Crippen LogP contribution in [0.3, 0.4) is 0 Å². The maximum atomic E-state index is 9.15. The van der Waals surface area contributed by atoms with Crippen molar-refractivity contribution in [1.82, 2.24) is 4.98 Å². The molecule has 4 nitrogen and oxygen atoms in total. The first-order chi connectivity index (χ1) is 9.74. The Morgan fingerprint density at radius 2 is 2.15 bits per heavy atom. The first-order valence-electron chi connectivity index (χ1n) is 6.45. The average Bonchev–Trinajstić information content (AvgIpc) is 2.91. The van der Waals surface area contributed by atoms with Crippen LogP contribution in [-0.4, -0.2) is 18.7 Å². The summed E-state index contributed by atoms with van der Waals surface area (Å²) in [4.78, 5) is 5.21. The van der Waals surface area contributed by atoms with E-state index < -0.39 is 0 Å². The molecule has 2 aromatic rings. The number of hydrogen-bond donors (Lipinski definition) is 0. The molecule has 5 heteroatoms. The van der Waals surface area contributed by atoms with E-state index in [2.05, 4.69) is 11.1 Å². The molecule has 2 rings (SSSR count). The number of aryl methyl sites for hydroxylation is 1. The smallest absolute Gasteiger partial charge is 0.171 e. The van der Waals surface area contributed by atoms with Gasteiger partial charge in [0.2, 0.25) is 0 Å². The van der Waals surface area contributed by atoms with Crippen molar-refractivity contribution >= 4 is 11.3 Å². The standard InChI is InChI=1S/C15H16N2O2S/c1-4-11-13(9-16)20-15(17-11)10-7-6-8-12(18-3)14(10)19-5-2/h6-8H,4-5H2,1-3H3. The quantitative estimate of drug-likeness (QED) is 0.842. The number of nitriles is 1. The fourth-order valence-corrected chi connectivity index (χ4v) is 2.91. The summed E-state index contributed by atoms with van der Waals surface area (Å²) in [6.45, 7) is 4.47. The van der Waals surface area contributed by atoms with Gasteiger partial charge in [0, 0.05) is 0 Å². The third kappa shape index (κ3) is 2.61. The molecule has 20 heavy (non-hydrogen) atoms. The Balaban J connectivity index is 2.57. The second-order valence-electron chi connectivity index (χ2n) is 4.03. The van der Waals surface area contributed by atoms with Gasteiger partial charge in [-0.3, -0.25) is 0 Å². The van der Waals surface area contributed by atoms with Gasteiger partial charge in [-0.2, -0.15) is 5.26 Å². The van der Waals surface area contributed by atoms with Gasteiger partial charge in [-0.25, -0.2) is 4.98 Å². The number of benzene rings is 1. The van der Waals surface area contributed by atoms with Crippen LogP contribution in [0.1, 0.15) is 24.4 Å². The lowest BCUT2D eigenvalue weighted by atomic mass is 10.2. The summed E-state index contributed by atoms with van der Waals surface area (Å²) >= 11 is 1.39. The van der Waals surface area contributed by atoms with Crippen molar-refractivity contribution in [1.29, 1.82) is 5.26 Å². The highest BCUT2D eigenvalue weighted by molar-refractivity contribution is 7.15. The summed E-state index contributed by atoms with van der Waals surface area (Å²) in [6, 6.07) is 7.89. The highest BCUT2D eigenvalue weighted by Gasteiger charge is 2.17. The van der Waals surface area contributed by atoms with Crippen LogP contribution >= 0.6 is 11.3 Å². The van der Waals surface area contributed by atoms with Crippen LogP contribution in [0.4, 0.5) is 0 Å². The van der Waals surface area contributed by atoms with Gasteiger partial charge in [-0.05, 0) is 25.5 Å². The molecular weight excluding hydrogens is 272 g/mol. The molecule has 0 fully saturated rings. The number of methoxy groups -OCH3 is 1. The average molecular weight is 288 g/mol. The summed E-state index contributed by atoms with van der Waals surface area (Å²) in [5, 5.41) is 9.94. The van der Waals surface area contributed by atoms with Crippen molar-refractivity contribution in [3.05, 3.63) is 28.8 Å². The Bertz CT molecular complexity index is 644. The van der Waals surface area contributed by atoms with E-state index in [0.717, 1.165) is 22.7 Å². The van der Waals surface area contributed by atoms with Crippen molar-refractivity contribution in [2.45, 2.75) is 20.3 Å². The Kier molecular flexibility index (Phi) is 4.59. The summed E-state index contributed by atoms with van der Waals surface area (Å²) in [7, 11) is 1.61. The fourth-order valence-electron chi connectivity index (χ4n) is 1.93. The first-order valence-corrected chi connectivity index (χ1v) is 7.26. The molecule has 0 aliphatic heterocycles. The summed E-state index contributed by atoms with van der Waals surface area (Å²) < 4.78 is 11.0. The van der Waals surface area contributed by atoms with Crippen molar-refractivity contribution in [2.24, 2.45) is 0 Å². The SMILES string of the molecule is CCOc1c(OC)cccc1-c1nc(CC)c(C#N)s1.